The molecule has 2 rings (SSSR count). The molecule has 0 aromatic carbocycles. The summed E-state index contributed by atoms with van der Waals surface area (Å²) in [6.07, 6.45) is 2.42. The van der Waals surface area contributed by atoms with E-state index in [1.807, 2.05) is 6.92 Å². The minimum Gasteiger partial charge on any atom is -0.465 e. The van der Waals surface area contributed by atoms with Gasteiger partial charge < -0.3 is 4.74 Å². The van der Waals surface area contributed by atoms with Gasteiger partial charge in [0.25, 0.3) is 0 Å². The molecule has 76 valence electrons. The topological polar surface area (TPSA) is 67.0 Å². The molecule has 0 spiro atoms. The van der Waals surface area contributed by atoms with E-state index in [9.17, 15) is 4.79 Å². The first-order chi connectivity index (χ1) is 6.81. The van der Waals surface area contributed by atoms with Crippen molar-refractivity contribution in [2.45, 2.75) is 25.9 Å². The lowest BCUT2D eigenvalue weighted by Gasteiger charge is -2.21. The number of ether oxygens (including phenoxy) is 1. The highest BCUT2D eigenvalue weighted by atomic mass is 16.5. The molecule has 2 N–H and O–H groups in total. The first kappa shape index (κ1) is 9.21. The van der Waals surface area contributed by atoms with Crippen LogP contribution in [0.2, 0.25) is 0 Å². The number of nitrogens with zero attached hydrogens (tertiary/aromatic N) is 1. The number of hydrogen-bond donors (Lipinski definition) is 2. The molecule has 0 saturated heterocycles. The largest absolute Gasteiger partial charge is 0.465 e. The van der Waals surface area contributed by atoms with Gasteiger partial charge in [-0.05, 0) is 12.5 Å². The van der Waals surface area contributed by atoms with Crippen LogP contribution in [0.15, 0.2) is 6.20 Å². The van der Waals surface area contributed by atoms with Crippen molar-refractivity contribution in [1.82, 2.24) is 15.5 Å². The summed E-state index contributed by atoms with van der Waals surface area (Å²) in [7, 11) is 0. The summed E-state index contributed by atoms with van der Waals surface area (Å²) in [4.78, 5) is 11.4. The van der Waals surface area contributed by atoms with Gasteiger partial charge in [-0.1, -0.05) is 0 Å². The van der Waals surface area contributed by atoms with Crippen LogP contribution in [0.4, 0.5) is 0 Å². The summed E-state index contributed by atoms with van der Waals surface area (Å²) in [5.74, 6) is -0.181. The third kappa shape index (κ3) is 1.63. The zero-order valence-corrected chi connectivity index (χ0v) is 8.04. The van der Waals surface area contributed by atoms with Gasteiger partial charge in [-0.15, -0.1) is 0 Å². The van der Waals surface area contributed by atoms with Gasteiger partial charge in [-0.2, -0.15) is 5.10 Å². The molecule has 0 radical (unpaired) electrons. The standard InChI is InChI=1S/C9H13N3O2/c1-2-14-9(13)7-3-6-4-11-12-8(6)5-10-7/h4,7,10H,2-3,5H2,1H3,(H,11,12). The summed E-state index contributed by atoms with van der Waals surface area (Å²) in [5, 5.41) is 9.91. The van der Waals surface area contributed by atoms with Gasteiger partial charge >= 0.3 is 5.97 Å². The van der Waals surface area contributed by atoms with Crippen molar-refractivity contribution in [2.75, 3.05) is 6.61 Å². The fourth-order valence-corrected chi connectivity index (χ4v) is 1.59. The van der Waals surface area contributed by atoms with E-state index in [0.717, 1.165) is 11.3 Å². The van der Waals surface area contributed by atoms with Gasteiger partial charge in [0.15, 0.2) is 0 Å². The summed E-state index contributed by atoms with van der Waals surface area (Å²) < 4.78 is 4.94. The van der Waals surface area contributed by atoms with E-state index in [4.69, 9.17) is 4.74 Å². The molecule has 0 aliphatic carbocycles. The van der Waals surface area contributed by atoms with Crippen molar-refractivity contribution in [2.24, 2.45) is 0 Å². The summed E-state index contributed by atoms with van der Waals surface area (Å²) in [5.41, 5.74) is 2.16. The zero-order valence-electron chi connectivity index (χ0n) is 8.04. The second-order valence-corrected chi connectivity index (χ2v) is 3.26. The van der Waals surface area contributed by atoms with E-state index in [1.54, 1.807) is 6.20 Å². The van der Waals surface area contributed by atoms with Crippen molar-refractivity contribution in [3.63, 3.8) is 0 Å². The van der Waals surface area contributed by atoms with E-state index in [-0.39, 0.29) is 12.0 Å². The SMILES string of the molecule is CCOC(=O)C1Cc2cn[nH]c2CN1. The number of rotatable bonds is 2. The van der Waals surface area contributed by atoms with Crippen LogP contribution in [0.25, 0.3) is 0 Å². The highest BCUT2D eigenvalue weighted by molar-refractivity contribution is 5.76. The van der Waals surface area contributed by atoms with Gasteiger partial charge in [0.1, 0.15) is 6.04 Å². The Morgan fingerprint density at radius 3 is 3.43 bits per heavy atom. The molecule has 5 heteroatoms. The predicted molar refractivity (Wildman–Crippen MR) is 49.6 cm³/mol. The Kier molecular flexibility index (Phi) is 2.49. The molecule has 2 heterocycles. The third-order valence-corrected chi connectivity index (χ3v) is 2.33. The minimum atomic E-state index is -0.222. The predicted octanol–water partition coefficient (Wildman–Crippen LogP) is -0.0129. The van der Waals surface area contributed by atoms with Crippen molar-refractivity contribution >= 4 is 5.97 Å². The number of carbonyl (C=O) groups is 1. The molecule has 1 aliphatic heterocycles. The van der Waals surface area contributed by atoms with E-state index in [1.165, 1.54) is 0 Å². The zero-order chi connectivity index (χ0) is 9.97. The summed E-state index contributed by atoms with van der Waals surface area (Å²) >= 11 is 0. The van der Waals surface area contributed by atoms with Crippen molar-refractivity contribution in [3.8, 4) is 0 Å². The van der Waals surface area contributed by atoms with Crippen LogP contribution >= 0.6 is 0 Å². The number of fused-ring (bicyclic) bond motifs is 1. The number of esters is 1. The van der Waals surface area contributed by atoms with Gasteiger partial charge in [0.2, 0.25) is 0 Å². The lowest BCUT2D eigenvalue weighted by Crippen LogP contribution is -2.42. The molecule has 14 heavy (non-hydrogen) atoms. The van der Waals surface area contributed by atoms with E-state index in [2.05, 4.69) is 15.5 Å². The Labute approximate surface area is 81.8 Å². The molecule has 0 saturated carbocycles. The number of aromatic amines is 1. The molecule has 1 aromatic heterocycles. The molecule has 0 bridgehead atoms. The minimum absolute atomic E-state index is 0.181. The molecule has 1 aliphatic rings. The number of H-pyrrole nitrogens is 1. The Hall–Kier alpha value is -1.36. The van der Waals surface area contributed by atoms with Crippen LogP contribution in [0, 0.1) is 0 Å². The monoisotopic (exact) mass is 195 g/mol. The van der Waals surface area contributed by atoms with Crippen LogP contribution in [0.3, 0.4) is 0 Å². The number of hydrogen-bond acceptors (Lipinski definition) is 4. The fraction of sp³-hybridized carbons (Fsp3) is 0.556. The fourth-order valence-electron chi connectivity index (χ4n) is 1.59. The van der Waals surface area contributed by atoms with E-state index >= 15 is 0 Å². The van der Waals surface area contributed by atoms with Crippen LogP contribution in [-0.4, -0.2) is 28.8 Å². The third-order valence-electron chi connectivity index (χ3n) is 2.33. The van der Waals surface area contributed by atoms with E-state index < -0.39 is 0 Å². The molecule has 1 unspecified atom stereocenters. The first-order valence-electron chi connectivity index (χ1n) is 4.72. The lowest BCUT2D eigenvalue weighted by atomic mass is 10.0. The molecule has 1 aromatic rings. The van der Waals surface area contributed by atoms with Gasteiger partial charge in [0.05, 0.1) is 18.5 Å². The van der Waals surface area contributed by atoms with Gasteiger partial charge in [0, 0.05) is 13.0 Å². The maximum atomic E-state index is 11.4. The average molecular weight is 195 g/mol. The highest BCUT2D eigenvalue weighted by Crippen LogP contribution is 2.13. The van der Waals surface area contributed by atoms with Gasteiger partial charge in [-0.25, -0.2) is 0 Å². The lowest BCUT2D eigenvalue weighted by molar-refractivity contribution is -0.145. The Morgan fingerprint density at radius 1 is 1.79 bits per heavy atom. The molecular weight excluding hydrogens is 182 g/mol. The summed E-state index contributed by atoms with van der Waals surface area (Å²) in [6.45, 7) is 2.89. The molecule has 5 nitrogen and oxygen atoms in total. The Balaban J connectivity index is 2.04. The number of nitrogens with one attached hydrogen (secondary N) is 2. The molecule has 0 fully saturated rings. The van der Waals surface area contributed by atoms with Gasteiger partial charge in [-0.3, -0.25) is 15.2 Å². The first-order valence-corrected chi connectivity index (χ1v) is 4.72. The molecular formula is C9H13N3O2. The summed E-state index contributed by atoms with van der Waals surface area (Å²) in [6, 6.07) is -0.222. The number of aromatic nitrogens is 2. The van der Waals surface area contributed by atoms with Crippen molar-refractivity contribution in [1.29, 1.82) is 0 Å². The normalized spacial score (nSPS) is 20.2. The number of carbonyl (C=O) groups excluding carboxylic acids is 1. The maximum absolute atomic E-state index is 11.4. The average Bonchev–Trinajstić information content (AvgIpc) is 2.64. The molecule has 1 atom stereocenters. The van der Waals surface area contributed by atoms with Crippen LogP contribution in [-0.2, 0) is 22.5 Å². The second-order valence-electron chi connectivity index (χ2n) is 3.26. The maximum Gasteiger partial charge on any atom is 0.323 e. The smallest absolute Gasteiger partial charge is 0.323 e. The van der Waals surface area contributed by atoms with Crippen molar-refractivity contribution < 1.29 is 9.53 Å². The van der Waals surface area contributed by atoms with Crippen LogP contribution in [0.1, 0.15) is 18.2 Å². The Bertz CT molecular complexity index is 335. The van der Waals surface area contributed by atoms with Crippen LogP contribution < -0.4 is 5.32 Å². The van der Waals surface area contributed by atoms with Crippen LogP contribution in [0.5, 0.6) is 0 Å². The highest BCUT2D eigenvalue weighted by Gasteiger charge is 2.25. The quantitative estimate of drug-likeness (QED) is 0.651. The second kappa shape index (κ2) is 3.79. The van der Waals surface area contributed by atoms with E-state index in [0.29, 0.717) is 19.6 Å². The van der Waals surface area contributed by atoms with Crippen molar-refractivity contribution in [3.05, 3.63) is 17.5 Å². The molecule has 0 amide bonds. The Morgan fingerprint density at radius 2 is 2.64 bits per heavy atom.